The number of hydrogen-bond donors (Lipinski definition) is 1. The standard InChI is InChI=1S/C24H16F2N2O4S2/c1-11-5-6-16(32-2)12(8-11)21(29)19-20(17-4-3-7-33-17)28(23(31)22(19)30)24-27-15-9-13(25)14(26)10-18(15)34-24/h3-10,20,29H,1-2H3/b21-19+. The van der Waals surface area contributed by atoms with Crippen molar-refractivity contribution < 1.29 is 28.2 Å². The number of thiazole rings is 1. The highest BCUT2D eigenvalue weighted by molar-refractivity contribution is 7.22. The third-order valence-corrected chi connectivity index (χ3v) is 7.43. The van der Waals surface area contributed by atoms with E-state index in [0.29, 0.717) is 15.3 Å². The van der Waals surface area contributed by atoms with Crippen LogP contribution in [0.25, 0.3) is 16.0 Å². The third kappa shape index (κ3) is 3.46. The fourth-order valence-electron chi connectivity index (χ4n) is 3.91. The van der Waals surface area contributed by atoms with Gasteiger partial charge in [-0.05, 0) is 36.6 Å². The maximum Gasteiger partial charge on any atom is 0.301 e. The molecular weight excluding hydrogens is 482 g/mol. The number of thiophene rings is 1. The van der Waals surface area contributed by atoms with E-state index in [1.165, 1.54) is 23.3 Å². The van der Waals surface area contributed by atoms with Gasteiger partial charge in [0.15, 0.2) is 16.8 Å². The number of carbonyl (C=O) groups is 2. The predicted octanol–water partition coefficient (Wildman–Crippen LogP) is 5.58. The molecule has 172 valence electrons. The number of aliphatic hydroxyl groups excluding tert-OH is 1. The number of hydrogen-bond acceptors (Lipinski definition) is 7. The summed E-state index contributed by atoms with van der Waals surface area (Å²) in [5.41, 5.74) is 1.13. The average molecular weight is 499 g/mol. The summed E-state index contributed by atoms with van der Waals surface area (Å²) in [5.74, 6) is -3.93. The number of aryl methyl sites for hydroxylation is 1. The molecule has 2 aromatic carbocycles. The highest BCUT2D eigenvalue weighted by atomic mass is 32.1. The number of ether oxygens (including phenoxy) is 1. The minimum absolute atomic E-state index is 0.0933. The zero-order chi connectivity index (χ0) is 24.1. The number of aromatic nitrogens is 1. The SMILES string of the molecule is COc1ccc(C)cc1/C(O)=C1\C(=O)C(=O)N(c2nc3cc(F)c(F)cc3s2)C1c1cccs1. The highest BCUT2D eigenvalue weighted by Gasteiger charge is 2.48. The van der Waals surface area contributed by atoms with E-state index in [1.54, 1.807) is 35.7 Å². The van der Waals surface area contributed by atoms with E-state index in [9.17, 15) is 23.5 Å². The molecule has 1 atom stereocenters. The maximum absolute atomic E-state index is 13.8. The van der Waals surface area contributed by atoms with Crippen molar-refractivity contribution in [2.45, 2.75) is 13.0 Å². The molecule has 5 rings (SSSR count). The van der Waals surface area contributed by atoms with E-state index >= 15 is 0 Å². The van der Waals surface area contributed by atoms with Gasteiger partial charge in [0.25, 0.3) is 5.78 Å². The molecule has 1 N–H and O–H groups in total. The normalized spacial score (nSPS) is 17.6. The second kappa shape index (κ2) is 8.30. The lowest BCUT2D eigenvalue weighted by molar-refractivity contribution is -0.132. The van der Waals surface area contributed by atoms with Gasteiger partial charge in [0.1, 0.15) is 17.6 Å². The number of Topliss-reactive ketones (excluding diaryl/α,β-unsaturated/α-hetero) is 1. The van der Waals surface area contributed by atoms with Gasteiger partial charge >= 0.3 is 5.91 Å². The summed E-state index contributed by atoms with van der Waals surface area (Å²) in [6.07, 6.45) is 0. The number of rotatable bonds is 4. The van der Waals surface area contributed by atoms with E-state index in [4.69, 9.17) is 4.74 Å². The quantitative estimate of drug-likeness (QED) is 0.226. The number of benzene rings is 2. The number of aliphatic hydroxyl groups is 1. The molecule has 1 aliphatic heterocycles. The van der Waals surface area contributed by atoms with Gasteiger partial charge in [0.2, 0.25) is 0 Å². The molecule has 1 fully saturated rings. The van der Waals surface area contributed by atoms with Crippen molar-refractivity contribution >= 4 is 55.5 Å². The fourth-order valence-corrected chi connectivity index (χ4v) is 5.73. The van der Waals surface area contributed by atoms with Crippen molar-refractivity contribution in [1.29, 1.82) is 0 Å². The van der Waals surface area contributed by atoms with Gasteiger partial charge in [-0.2, -0.15) is 0 Å². The molecule has 2 aromatic heterocycles. The number of anilines is 1. The molecule has 0 radical (unpaired) electrons. The van der Waals surface area contributed by atoms with E-state index in [-0.39, 0.29) is 27.5 Å². The Morgan fingerprint density at radius 1 is 1.15 bits per heavy atom. The summed E-state index contributed by atoms with van der Waals surface area (Å²) in [5, 5.41) is 13.2. The Kier molecular flexibility index (Phi) is 5.41. The number of fused-ring (bicyclic) bond motifs is 1. The molecule has 10 heteroatoms. The van der Waals surface area contributed by atoms with E-state index in [1.807, 2.05) is 6.92 Å². The molecule has 1 amide bonds. The molecule has 0 bridgehead atoms. The van der Waals surface area contributed by atoms with Crippen LogP contribution < -0.4 is 9.64 Å². The largest absolute Gasteiger partial charge is 0.507 e. The smallest absolute Gasteiger partial charge is 0.301 e. The van der Waals surface area contributed by atoms with Crippen molar-refractivity contribution in [2.24, 2.45) is 0 Å². The molecule has 0 spiro atoms. The molecule has 1 saturated heterocycles. The van der Waals surface area contributed by atoms with Crippen molar-refractivity contribution in [3.05, 3.63) is 81.1 Å². The summed E-state index contributed by atoms with van der Waals surface area (Å²) in [6, 6.07) is 9.59. The summed E-state index contributed by atoms with van der Waals surface area (Å²) in [6.45, 7) is 1.82. The van der Waals surface area contributed by atoms with Crippen LogP contribution in [-0.4, -0.2) is 28.9 Å². The number of halogens is 2. The zero-order valence-electron chi connectivity index (χ0n) is 17.8. The topological polar surface area (TPSA) is 79.7 Å². The van der Waals surface area contributed by atoms with E-state index < -0.39 is 29.4 Å². The first-order valence-corrected chi connectivity index (χ1v) is 11.7. The van der Waals surface area contributed by atoms with E-state index in [2.05, 4.69) is 4.98 Å². The Labute approximate surface area is 200 Å². The summed E-state index contributed by atoms with van der Waals surface area (Å²) in [7, 11) is 1.44. The van der Waals surface area contributed by atoms with Gasteiger partial charge in [0, 0.05) is 10.9 Å². The van der Waals surface area contributed by atoms with E-state index in [0.717, 1.165) is 29.0 Å². The Hall–Kier alpha value is -3.63. The lowest BCUT2D eigenvalue weighted by Gasteiger charge is -2.21. The number of carbonyl (C=O) groups excluding carboxylic acids is 2. The van der Waals surface area contributed by atoms with Crippen LogP contribution in [0.1, 0.15) is 22.0 Å². The minimum atomic E-state index is -1.06. The first-order chi connectivity index (χ1) is 16.3. The molecule has 0 aliphatic carbocycles. The number of ketones is 1. The average Bonchev–Trinajstić information content (AvgIpc) is 3.53. The van der Waals surface area contributed by atoms with Gasteiger partial charge in [-0.1, -0.05) is 29.0 Å². The molecule has 6 nitrogen and oxygen atoms in total. The zero-order valence-corrected chi connectivity index (χ0v) is 19.5. The van der Waals surface area contributed by atoms with Crippen LogP contribution in [0.3, 0.4) is 0 Å². The fraction of sp³-hybridized carbons (Fsp3) is 0.125. The van der Waals surface area contributed by atoms with Gasteiger partial charge in [-0.15, -0.1) is 11.3 Å². The minimum Gasteiger partial charge on any atom is -0.507 e. The van der Waals surface area contributed by atoms with Crippen LogP contribution in [0.4, 0.5) is 13.9 Å². The molecule has 4 aromatic rings. The number of amides is 1. The van der Waals surface area contributed by atoms with Crippen LogP contribution in [0, 0.1) is 18.6 Å². The number of methoxy groups -OCH3 is 1. The summed E-state index contributed by atoms with van der Waals surface area (Å²) < 4.78 is 33.2. The summed E-state index contributed by atoms with van der Waals surface area (Å²) in [4.78, 5) is 32.5. The van der Waals surface area contributed by atoms with Crippen LogP contribution in [0.15, 0.2) is 53.4 Å². The first kappa shape index (κ1) is 22.2. The second-order valence-corrected chi connectivity index (χ2v) is 9.61. The highest BCUT2D eigenvalue weighted by Crippen LogP contribution is 2.46. The first-order valence-electron chi connectivity index (χ1n) is 10.0. The second-order valence-electron chi connectivity index (χ2n) is 7.62. The Morgan fingerprint density at radius 2 is 1.91 bits per heavy atom. The van der Waals surface area contributed by atoms with Gasteiger partial charge < -0.3 is 9.84 Å². The van der Waals surface area contributed by atoms with Gasteiger partial charge in [0.05, 0.1) is 28.5 Å². The lowest BCUT2D eigenvalue weighted by atomic mass is 9.98. The van der Waals surface area contributed by atoms with Crippen LogP contribution in [-0.2, 0) is 9.59 Å². The maximum atomic E-state index is 13.8. The molecule has 3 heterocycles. The van der Waals surface area contributed by atoms with Gasteiger partial charge in [-0.25, -0.2) is 13.8 Å². The Bertz CT molecular complexity index is 1460. The van der Waals surface area contributed by atoms with Gasteiger partial charge in [-0.3, -0.25) is 14.5 Å². The van der Waals surface area contributed by atoms with Crippen LogP contribution in [0.5, 0.6) is 5.75 Å². The molecular formula is C24H16F2N2O4S2. The number of nitrogens with zero attached hydrogens (tertiary/aromatic N) is 2. The Balaban J connectivity index is 1.74. The Morgan fingerprint density at radius 3 is 2.62 bits per heavy atom. The molecule has 1 unspecified atom stereocenters. The molecule has 1 aliphatic rings. The van der Waals surface area contributed by atoms with Crippen molar-refractivity contribution in [3.63, 3.8) is 0 Å². The van der Waals surface area contributed by atoms with Crippen molar-refractivity contribution in [3.8, 4) is 5.75 Å². The summed E-state index contributed by atoms with van der Waals surface area (Å²) >= 11 is 2.25. The lowest BCUT2D eigenvalue weighted by Crippen LogP contribution is -2.28. The molecule has 34 heavy (non-hydrogen) atoms. The van der Waals surface area contributed by atoms with Crippen molar-refractivity contribution in [2.75, 3.05) is 12.0 Å². The van der Waals surface area contributed by atoms with Crippen LogP contribution >= 0.6 is 22.7 Å². The predicted molar refractivity (Wildman–Crippen MR) is 126 cm³/mol. The third-order valence-electron chi connectivity index (χ3n) is 5.49. The van der Waals surface area contributed by atoms with Crippen molar-refractivity contribution in [1.82, 2.24) is 4.98 Å². The monoisotopic (exact) mass is 498 g/mol. The van der Waals surface area contributed by atoms with Crippen LogP contribution in [0.2, 0.25) is 0 Å². The molecule has 0 saturated carbocycles.